The van der Waals surface area contributed by atoms with Crippen LogP contribution >= 0.6 is 11.8 Å². The van der Waals surface area contributed by atoms with Crippen LogP contribution in [0.15, 0.2) is 85.7 Å². The summed E-state index contributed by atoms with van der Waals surface area (Å²) in [7, 11) is 5.23. The second-order valence-corrected chi connectivity index (χ2v) is 34.3. The van der Waals surface area contributed by atoms with Crippen LogP contribution in [-0.4, -0.2) is 328 Å². The molecule has 7 heterocycles. The highest BCUT2D eigenvalue weighted by Gasteiger charge is 2.47. The topological polar surface area (TPSA) is 665 Å². The van der Waals surface area contributed by atoms with Gasteiger partial charge in [-0.05, 0) is 80.8 Å². The van der Waals surface area contributed by atoms with Gasteiger partial charge in [-0.15, -0.1) is 11.8 Å². The summed E-state index contributed by atoms with van der Waals surface area (Å²) in [5.74, 6) is -18.7. The van der Waals surface area contributed by atoms with E-state index in [1.807, 2.05) is 13.8 Å². The molecule has 0 saturated carbocycles. The average molecular weight is 1870 g/mol. The van der Waals surface area contributed by atoms with E-state index in [1.54, 1.807) is 42.7 Å². The largest absolute Gasteiger partial charge is 0.508 e. The van der Waals surface area contributed by atoms with E-state index in [9.17, 15) is 68.1 Å². The quantitative estimate of drug-likeness (QED) is 0.0271. The second-order valence-electron chi connectivity index (χ2n) is 33.3. The number of pyridine rings is 1. The molecule has 0 bridgehead atoms. The van der Waals surface area contributed by atoms with Crippen molar-refractivity contribution in [2.45, 2.75) is 221 Å². The third-order valence-corrected chi connectivity index (χ3v) is 24.6. The van der Waals surface area contributed by atoms with Gasteiger partial charge in [0.1, 0.15) is 90.3 Å². The van der Waals surface area contributed by atoms with Gasteiger partial charge in [-0.2, -0.15) is 0 Å². The Hall–Kier alpha value is -13.8. The molecular formula is C87H119N23O22S. The number of H-pyrrole nitrogens is 3. The lowest BCUT2D eigenvalue weighted by Crippen LogP contribution is -2.61. The molecule has 720 valence electrons. The van der Waals surface area contributed by atoms with Crippen LogP contribution in [0.4, 0.5) is 0 Å². The number of likely N-dealkylation sites (N-methyl/N-ethyl adjacent to an activating group) is 3. The molecule has 22 N–H and O–H groups in total. The van der Waals surface area contributed by atoms with Gasteiger partial charge in [0.25, 0.3) is 0 Å². The monoisotopic (exact) mass is 1870 g/mol. The number of nitrogens with zero attached hydrogens (tertiary/aromatic N) is 7. The van der Waals surface area contributed by atoms with Crippen molar-refractivity contribution >= 4 is 140 Å². The first-order chi connectivity index (χ1) is 63.3. The number of aromatic nitrogens is 5. The number of fused-ring (bicyclic) bond motifs is 4. The first kappa shape index (κ1) is 103. The van der Waals surface area contributed by atoms with Gasteiger partial charge in [-0.1, -0.05) is 69.9 Å². The number of aliphatic hydroxyl groups is 2. The number of ether oxygens (including phenoxy) is 1. The molecule has 45 nitrogen and oxygen atoms in total. The predicted molar refractivity (Wildman–Crippen MR) is 480 cm³/mol. The zero-order chi connectivity index (χ0) is 97.2. The molecule has 3 aliphatic rings. The maximum Gasteiger partial charge on any atom is 0.246 e. The lowest BCUT2D eigenvalue weighted by Gasteiger charge is -2.36. The van der Waals surface area contributed by atoms with E-state index in [-0.39, 0.29) is 75.2 Å². The first-order valence-corrected chi connectivity index (χ1v) is 44.9. The van der Waals surface area contributed by atoms with Crippen molar-refractivity contribution in [1.82, 2.24) is 103 Å². The maximum absolute atomic E-state index is 15.7. The van der Waals surface area contributed by atoms with Gasteiger partial charge in [0.2, 0.25) is 112 Å². The fraction of sp³-hybridized carbons (Fsp3) is 0.517. The molecule has 0 radical (unpaired) electrons. The van der Waals surface area contributed by atoms with Gasteiger partial charge in [-0.3, -0.25) is 86.3 Å². The summed E-state index contributed by atoms with van der Waals surface area (Å²) >= 11 is 0.765. The van der Waals surface area contributed by atoms with Crippen LogP contribution in [0.5, 0.6) is 11.6 Å². The number of nitrogens with one attached hydrogen (secondary N) is 13. The van der Waals surface area contributed by atoms with E-state index in [0.29, 0.717) is 64.2 Å². The normalized spacial score (nSPS) is 24.9. The summed E-state index contributed by atoms with van der Waals surface area (Å²) in [5, 5.41) is 59.6. The van der Waals surface area contributed by atoms with Crippen molar-refractivity contribution in [3.63, 3.8) is 0 Å². The Kier molecular flexibility index (Phi) is 37.4. The third kappa shape index (κ3) is 27.9. The summed E-state index contributed by atoms with van der Waals surface area (Å²) < 4.78 is 5.44. The van der Waals surface area contributed by atoms with E-state index < -0.39 is 254 Å². The Morgan fingerprint density at radius 2 is 1.15 bits per heavy atom. The highest BCUT2D eigenvalue weighted by Crippen LogP contribution is 2.29. The number of benzene rings is 2. The highest BCUT2D eigenvalue weighted by atomic mass is 32.2. The molecule has 18 amide bonds. The lowest BCUT2D eigenvalue weighted by molar-refractivity contribution is -0.149. The average Bonchev–Trinajstić information content (AvgIpc) is 1.72. The van der Waals surface area contributed by atoms with E-state index in [0.717, 1.165) is 36.3 Å². The van der Waals surface area contributed by atoms with Crippen LogP contribution in [0.2, 0.25) is 0 Å². The smallest absolute Gasteiger partial charge is 0.246 e. The fourth-order valence-electron chi connectivity index (χ4n) is 16.0. The zero-order valence-electron chi connectivity index (χ0n) is 75.2. The van der Waals surface area contributed by atoms with Crippen LogP contribution in [0.25, 0.3) is 21.8 Å². The standard InChI is InChI=1S/C87H119N23O22S/c1-9-11-18-65-80(124)97-45(3)74(118)105-64(76(120)95-39-71(90)116)42-133-43-72(117)98-59(28-47-21-23-51(112)24-22-47)83(127)106(5)46(4)75(119)102-61(34-70(89)115)86(130)109-27-15-20-66(109)81(125)101-58(31-50-37-91-44-96-50)78(122)99-56(25-26-69(88)114)85(129)110-40-52(113)32-68(110)82(126)100-57(29-48-35-92-55-17-14-13-16-53(48)55)77(121)104-63(41-111)79(123)103-60(30-49-36-93-62-38-94-73(132-8)33-54(49)62)84(128)108(7)67(19-12-10-2)87(131)107(65)6/h13-14,16-17,21-24,33,35-38,44-46,52,56-61,63-68,92-93,111-113H,9-12,15,18-20,25-32,34,39-43H2,1-8H3,(H2,88,114)(H2,89,115)(H2,90,116)(H,91,96)(H,95,120)(H,97,124)(H,98,117)(H,99,122)(H,100,126)(H,101,125)(H,102,119)(H,103,123)(H,104,121)(H,105,118)/t45-,46-,52+,56-,57-,58-,59-,60-,61-,63-,64-,65-,66?,67-,68-/m0/s1. The predicted octanol–water partition coefficient (Wildman–Crippen LogP) is -4.55. The number of phenolic OH excluding ortho intramolecular Hbond substituents is 1. The zero-order valence-corrected chi connectivity index (χ0v) is 76.0. The summed E-state index contributed by atoms with van der Waals surface area (Å²) in [6.45, 7) is 3.60. The number of aliphatic hydroxyl groups excluding tert-OH is 2. The molecule has 0 aliphatic carbocycles. The summed E-state index contributed by atoms with van der Waals surface area (Å²) in [6.07, 6.45) is 3.56. The number of carbonyl (C=O) groups is 18. The first-order valence-electron chi connectivity index (χ1n) is 43.8. The van der Waals surface area contributed by atoms with Gasteiger partial charge < -0.3 is 130 Å². The maximum atomic E-state index is 15.7. The van der Waals surface area contributed by atoms with Crippen LogP contribution in [0, 0.1) is 0 Å². The van der Waals surface area contributed by atoms with Crippen LogP contribution in [0.3, 0.4) is 0 Å². The van der Waals surface area contributed by atoms with E-state index >= 15 is 33.6 Å². The fourth-order valence-corrected chi connectivity index (χ4v) is 16.9. The summed E-state index contributed by atoms with van der Waals surface area (Å²) in [6, 6.07) is -8.56. The van der Waals surface area contributed by atoms with Crippen LogP contribution in [0.1, 0.15) is 127 Å². The Morgan fingerprint density at radius 3 is 1.80 bits per heavy atom. The van der Waals surface area contributed by atoms with Crippen molar-refractivity contribution in [3.8, 4) is 11.6 Å². The van der Waals surface area contributed by atoms with Crippen molar-refractivity contribution < 1.29 is 106 Å². The van der Waals surface area contributed by atoms with Crippen molar-refractivity contribution in [2.24, 2.45) is 17.2 Å². The third-order valence-electron chi connectivity index (χ3n) is 23.6. The number of methoxy groups -OCH3 is 1. The number of aromatic hydroxyl groups is 1. The molecular weight excluding hydrogens is 1750 g/mol. The molecule has 4 aromatic heterocycles. The minimum atomic E-state index is -1.94. The van der Waals surface area contributed by atoms with Gasteiger partial charge in [0.15, 0.2) is 0 Å². The molecule has 3 aliphatic heterocycles. The molecule has 15 atom stereocenters. The SMILES string of the molecule is CCCC[C@H]1C(=O)N(C)[C@@H](CCCC)C(=O)N[C@@H](C)C(=O)N[C@H](C(=O)NCC(N)=O)CSCC(=O)N[C@@H](Cc2ccc(O)cc2)C(=O)N(C)[C@@H](C)C(=O)N[C@@H](CC(N)=O)C(=O)N2CCCC2C(=O)N[C@@H](Cc2cnc[nH]2)C(=O)N[C@@H](CCC(N)=O)C(=O)N2C[C@H](O)C[C@H]2C(=O)N[C@@H](Cc2c[nH]c3ccccc23)C(=O)N[C@@H](CO)C(=O)N[C@@H](Cc2c[nH]c3cnc(OC)cc23)C(=O)N1C. The van der Waals surface area contributed by atoms with Crippen LogP contribution < -0.4 is 75.1 Å². The number of primary amides is 3. The van der Waals surface area contributed by atoms with Gasteiger partial charge in [-0.25, -0.2) is 9.97 Å². The van der Waals surface area contributed by atoms with Gasteiger partial charge in [0, 0.05) is 125 Å². The molecule has 0 spiro atoms. The van der Waals surface area contributed by atoms with Gasteiger partial charge >= 0.3 is 0 Å². The number of para-hydroxylation sites is 1. The Morgan fingerprint density at radius 1 is 0.564 bits per heavy atom. The Labute approximate surface area is 769 Å². The number of aromatic amines is 3. The minimum Gasteiger partial charge on any atom is -0.508 e. The second kappa shape index (κ2) is 48.4. The number of unbranched alkanes of at least 4 members (excludes halogenated alkanes) is 2. The molecule has 3 fully saturated rings. The number of amides is 18. The van der Waals surface area contributed by atoms with Crippen molar-refractivity contribution in [1.29, 1.82) is 0 Å². The molecule has 1 unspecified atom stereocenters. The molecule has 6 aromatic rings. The van der Waals surface area contributed by atoms with Crippen molar-refractivity contribution in [3.05, 3.63) is 108 Å². The molecule has 133 heavy (non-hydrogen) atoms. The molecule has 46 heteroatoms. The Balaban J connectivity index is 1.09. The Bertz CT molecular complexity index is 5210. The molecule has 9 rings (SSSR count). The number of carbonyl (C=O) groups excluding carboxylic acids is 18. The summed E-state index contributed by atoms with van der Waals surface area (Å²) in [5.41, 5.74) is 19.3. The number of rotatable bonds is 24. The van der Waals surface area contributed by atoms with E-state index in [1.165, 1.54) is 85.1 Å². The van der Waals surface area contributed by atoms with E-state index in [4.69, 9.17) is 21.9 Å². The number of imidazole rings is 1. The number of phenols is 1. The lowest BCUT2D eigenvalue weighted by atomic mass is 10.00. The molecule has 3 saturated heterocycles. The number of thioether (sulfide) groups is 1. The number of nitrogens with two attached hydrogens (primary N) is 3. The summed E-state index contributed by atoms with van der Waals surface area (Å²) in [4.78, 5) is 283. The van der Waals surface area contributed by atoms with E-state index in [2.05, 4.69) is 78.1 Å². The van der Waals surface area contributed by atoms with Crippen molar-refractivity contribution in [2.75, 3.05) is 66.0 Å². The number of hydrogen-bond donors (Lipinski definition) is 19. The molecule has 2 aromatic carbocycles. The van der Waals surface area contributed by atoms with Crippen LogP contribution in [-0.2, 0) is 112 Å². The number of hydrogen-bond acceptors (Lipinski definition) is 25. The minimum absolute atomic E-state index is 0.000661. The highest BCUT2D eigenvalue weighted by molar-refractivity contribution is 8.00. The van der Waals surface area contributed by atoms with Gasteiger partial charge in [0.05, 0.1) is 56.6 Å².